The first kappa shape index (κ1) is 26.9. The van der Waals surface area contributed by atoms with Crippen LogP contribution in [-0.4, -0.2) is 54.3 Å². The number of carbonyl (C=O) groups excluding carboxylic acids is 3. The summed E-state index contributed by atoms with van der Waals surface area (Å²) in [5, 5.41) is 3.11. The molecule has 1 aromatic rings. The zero-order chi connectivity index (χ0) is 24.6. The largest absolute Gasteiger partial charge is 0.463 e. The third kappa shape index (κ3) is 7.61. The fraction of sp³-hybridized carbons (Fsp3) is 0.500. The summed E-state index contributed by atoms with van der Waals surface area (Å²) in [6.45, 7) is 9.58. The van der Waals surface area contributed by atoms with Crippen molar-refractivity contribution < 1.29 is 23.9 Å². The highest BCUT2D eigenvalue weighted by atomic mass is 35.5. The Hall–Kier alpha value is -2.32. The third-order valence-electron chi connectivity index (χ3n) is 4.79. The summed E-state index contributed by atoms with van der Waals surface area (Å²) in [5.74, 6) is -1.37. The molecule has 9 heteroatoms. The van der Waals surface area contributed by atoms with Crippen LogP contribution in [0.5, 0.6) is 0 Å². The van der Waals surface area contributed by atoms with E-state index in [2.05, 4.69) is 10.3 Å². The van der Waals surface area contributed by atoms with Gasteiger partial charge < -0.3 is 14.8 Å². The number of ether oxygens (including phenoxy) is 2. The first-order valence-electron chi connectivity index (χ1n) is 10.8. The summed E-state index contributed by atoms with van der Waals surface area (Å²) in [6.07, 6.45) is 0.646. The number of amides is 1. The Morgan fingerprint density at radius 3 is 2.64 bits per heavy atom. The Morgan fingerprint density at radius 1 is 1.30 bits per heavy atom. The maximum atomic E-state index is 13.3. The predicted molar refractivity (Wildman–Crippen MR) is 132 cm³/mol. The van der Waals surface area contributed by atoms with Crippen molar-refractivity contribution >= 4 is 47.4 Å². The monoisotopic (exact) mass is 494 g/mol. The van der Waals surface area contributed by atoms with E-state index in [0.29, 0.717) is 52.0 Å². The van der Waals surface area contributed by atoms with E-state index < -0.39 is 29.4 Å². The van der Waals surface area contributed by atoms with Crippen molar-refractivity contribution in [2.75, 3.05) is 24.7 Å². The third-order valence-corrected chi connectivity index (χ3v) is 6.00. The van der Waals surface area contributed by atoms with E-state index in [1.54, 1.807) is 52.8 Å². The topological polar surface area (TPSA) is 94.1 Å². The molecule has 33 heavy (non-hydrogen) atoms. The average Bonchev–Trinajstić information content (AvgIpc) is 2.71. The Bertz CT molecular complexity index is 939. The maximum Gasteiger partial charge on any atom is 0.336 e. The molecule has 0 fully saturated rings. The molecule has 1 N–H and O–H groups in total. The number of thioether (sulfide) groups is 1. The van der Waals surface area contributed by atoms with Crippen LogP contribution in [-0.2, 0) is 23.9 Å². The Kier molecular flexibility index (Phi) is 9.98. The fourth-order valence-electron chi connectivity index (χ4n) is 3.58. The molecule has 0 bridgehead atoms. The van der Waals surface area contributed by atoms with Gasteiger partial charge in [0.05, 0.1) is 17.9 Å². The molecule has 2 unspecified atom stereocenters. The van der Waals surface area contributed by atoms with Gasteiger partial charge in [0.15, 0.2) is 0 Å². The van der Waals surface area contributed by atoms with Crippen molar-refractivity contribution in [3.05, 3.63) is 46.1 Å². The molecule has 1 heterocycles. The highest BCUT2D eigenvalue weighted by Crippen LogP contribution is 2.42. The second-order valence-electron chi connectivity index (χ2n) is 8.50. The maximum absolute atomic E-state index is 13.3. The lowest BCUT2D eigenvalue weighted by Gasteiger charge is -2.34. The van der Waals surface area contributed by atoms with Gasteiger partial charge in [-0.15, -0.1) is 0 Å². The summed E-state index contributed by atoms with van der Waals surface area (Å²) in [6, 6.07) is 7.11. The summed E-state index contributed by atoms with van der Waals surface area (Å²) < 4.78 is 11.1. The number of hydrogen-bond acceptors (Lipinski definition) is 7. The minimum atomic E-state index is -0.799. The molecule has 1 aromatic carbocycles. The molecule has 2 rings (SSSR count). The van der Waals surface area contributed by atoms with E-state index >= 15 is 0 Å². The van der Waals surface area contributed by atoms with Crippen molar-refractivity contribution in [2.45, 2.75) is 46.1 Å². The molecule has 0 saturated carbocycles. The smallest absolute Gasteiger partial charge is 0.336 e. The number of esters is 2. The van der Waals surface area contributed by atoms with Crippen LogP contribution in [0.2, 0.25) is 5.02 Å². The number of hydrogen-bond donors (Lipinski definition) is 1. The van der Waals surface area contributed by atoms with Crippen LogP contribution < -0.4 is 5.32 Å². The van der Waals surface area contributed by atoms with Gasteiger partial charge in [-0.3, -0.25) is 14.6 Å². The standard InChI is InChI=1S/C24H31ClN2O5S/c1-6-31-22(29)21-18(13-33-11-10-26-14-28)27-15(2)19(23(30)32-24(3,4)5)20(21)16-8-7-9-17(25)12-16/h7-9,12,14,19-20H,6,10-11,13H2,1-5H3,(H,26,28). The quantitative estimate of drug-likeness (QED) is 0.298. The van der Waals surface area contributed by atoms with Crippen LogP contribution in [0.15, 0.2) is 40.5 Å². The van der Waals surface area contributed by atoms with E-state index in [1.165, 1.54) is 11.8 Å². The molecule has 7 nitrogen and oxygen atoms in total. The summed E-state index contributed by atoms with van der Waals surface area (Å²) in [4.78, 5) is 41.6. The van der Waals surface area contributed by atoms with Crippen molar-refractivity contribution in [1.29, 1.82) is 0 Å². The Labute approximate surface area is 204 Å². The van der Waals surface area contributed by atoms with Crippen LogP contribution in [0.3, 0.4) is 0 Å². The van der Waals surface area contributed by atoms with Crippen LogP contribution in [0.25, 0.3) is 0 Å². The zero-order valence-corrected chi connectivity index (χ0v) is 21.2. The van der Waals surface area contributed by atoms with Crippen LogP contribution in [0, 0.1) is 5.92 Å². The predicted octanol–water partition coefficient (Wildman–Crippen LogP) is 4.15. The second-order valence-corrected chi connectivity index (χ2v) is 10.0. The van der Waals surface area contributed by atoms with Gasteiger partial charge >= 0.3 is 11.9 Å². The summed E-state index contributed by atoms with van der Waals surface area (Å²) >= 11 is 7.80. The van der Waals surface area contributed by atoms with Gasteiger partial charge in [0.2, 0.25) is 6.41 Å². The molecule has 0 aliphatic carbocycles. The molecule has 0 spiro atoms. The number of rotatable bonds is 10. The molecule has 0 radical (unpaired) electrons. The summed E-state index contributed by atoms with van der Waals surface area (Å²) in [7, 11) is 0. The van der Waals surface area contributed by atoms with Crippen molar-refractivity contribution in [3.63, 3.8) is 0 Å². The number of carbonyl (C=O) groups is 3. The SMILES string of the molecule is CCOC(=O)C1=C(CSCCNC=O)N=C(C)C(C(=O)OC(C)(C)C)C1c1cccc(Cl)c1. The van der Waals surface area contributed by atoms with E-state index in [9.17, 15) is 14.4 Å². The highest BCUT2D eigenvalue weighted by Gasteiger charge is 2.44. The van der Waals surface area contributed by atoms with Gasteiger partial charge in [0, 0.05) is 34.7 Å². The highest BCUT2D eigenvalue weighted by molar-refractivity contribution is 7.99. The van der Waals surface area contributed by atoms with Gasteiger partial charge in [0.1, 0.15) is 11.5 Å². The van der Waals surface area contributed by atoms with Crippen molar-refractivity contribution in [1.82, 2.24) is 5.32 Å². The lowest BCUT2D eigenvalue weighted by atomic mass is 9.75. The molecule has 1 amide bonds. The molecule has 1 aliphatic heterocycles. The minimum Gasteiger partial charge on any atom is -0.463 e. The summed E-state index contributed by atoms with van der Waals surface area (Å²) in [5.41, 5.74) is 1.44. The van der Waals surface area contributed by atoms with Gasteiger partial charge in [-0.1, -0.05) is 23.7 Å². The van der Waals surface area contributed by atoms with Gasteiger partial charge in [0.25, 0.3) is 0 Å². The molecule has 180 valence electrons. The Balaban J connectivity index is 2.58. The Morgan fingerprint density at radius 2 is 2.03 bits per heavy atom. The van der Waals surface area contributed by atoms with Crippen molar-refractivity contribution in [2.24, 2.45) is 10.9 Å². The molecular formula is C24H31ClN2O5S. The van der Waals surface area contributed by atoms with Crippen LogP contribution in [0.1, 0.15) is 46.1 Å². The number of nitrogens with one attached hydrogen (secondary N) is 1. The lowest BCUT2D eigenvalue weighted by molar-refractivity contribution is -0.158. The van der Waals surface area contributed by atoms with Gasteiger partial charge in [-0.2, -0.15) is 11.8 Å². The molecular weight excluding hydrogens is 464 g/mol. The van der Waals surface area contributed by atoms with Crippen LogP contribution in [0.4, 0.5) is 0 Å². The molecule has 2 atom stereocenters. The van der Waals surface area contributed by atoms with E-state index in [4.69, 9.17) is 21.1 Å². The fourth-order valence-corrected chi connectivity index (χ4v) is 4.60. The molecule has 1 aliphatic rings. The minimum absolute atomic E-state index is 0.189. The van der Waals surface area contributed by atoms with Gasteiger partial charge in [-0.05, 0) is 52.3 Å². The number of aliphatic imine (C=N–C) groups is 1. The molecule has 0 aromatic heterocycles. The number of benzene rings is 1. The number of nitrogens with zero attached hydrogens (tertiary/aromatic N) is 1. The first-order chi connectivity index (χ1) is 15.6. The van der Waals surface area contributed by atoms with E-state index in [1.807, 2.05) is 6.07 Å². The first-order valence-corrected chi connectivity index (χ1v) is 12.3. The van der Waals surface area contributed by atoms with Crippen molar-refractivity contribution in [3.8, 4) is 0 Å². The van der Waals surface area contributed by atoms with Crippen LogP contribution >= 0.6 is 23.4 Å². The lowest BCUT2D eigenvalue weighted by Crippen LogP contribution is -2.39. The average molecular weight is 495 g/mol. The van der Waals surface area contributed by atoms with E-state index in [0.717, 1.165) is 0 Å². The van der Waals surface area contributed by atoms with E-state index in [-0.39, 0.29) is 6.61 Å². The molecule has 0 saturated heterocycles. The second kappa shape index (κ2) is 12.2. The zero-order valence-electron chi connectivity index (χ0n) is 19.6. The van der Waals surface area contributed by atoms with Gasteiger partial charge in [-0.25, -0.2) is 4.79 Å². The number of halogens is 1. The normalized spacial score (nSPS) is 18.4.